The number of thiazole rings is 1. The Balaban J connectivity index is 0.000000693. The minimum Gasteiger partial charge on any atom is -0.366 e. The molecule has 1 N–H and O–H groups in total. The standard InChI is InChI=1S/C16H17N3S.C2H6/c1-11-17-9-16(19-11)6-5-12-3-2-4-13(14(12)7-16)15-8-20-10-18-15;1-2/h2-4,8,10H,5-7,9H2,1H3,(H,17,19);1-2H3. The summed E-state index contributed by atoms with van der Waals surface area (Å²) < 4.78 is 0. The zero-order valence-electron chi connectivity index (χ0n) is 13.5. The lowest BCUT2D eigenvalue weighted by Gasteiger charge is -2.35. The van der Waals surface area contributed by atoms with E-state index in [1.807, 2.05) is 19.4 Å². The minimum atomic E-state index is 0.142. The molecular weight excluding hydrogens is 290 g/mol. The number of benzene rings is 1. The summed E-state index contributed by atoms with van der Waals surface area (Å²) in [4.78, 5) is 9.06. The number of nitrogens with zero attached hydrogens (tertiary/aromatic N) is 2. The molecule has 116 valence electrons. The second-order valence-electron chi connectivity index (χ2n) is 5.80. The van der Waals surface area contributed by atoms with Gasteiger partial charge in [-0.2, -0.15) is 0 Å². The molecule has 1 atom stereocenters. The normalized spacial score (nSPS) is 22.4. The predicted molar refractivity (Wildman–Crippen MR) is 94.8 cm³/mol. The molecule has 0 saturated heterocycles. The zero-order valence-corrected chi connectivity index (χ0v) is 14.3. The van der Waals surface area contributed by atoms with E-state index in [9.17, 15) is 0 Å². The summed E-state index contributed by atoms with van der Waals surface area (Å²) in [5.74, 6) is 1.08. The number of aryl methyl sites for hydroxylation is 1. The van der Waals surface area contributed by atoms with Crippen molar-refractivity contribution in [1.29, 1.82) is 0 Å². The van der Waals surface area contributed by atoms with Gasteiger partial charge in [0, 0.05) is 10.9 Å². The Labute approximate surface area is 136 Å². The molecule has 1 aliphatic heterocycles. The molecule has 2 heterocycles. The lowest BCUT2D eigenvalue weighted by Crippen LogP contribution is -2.49. The first-order chi connectivity index (χ1) is 10.8. The van der Waals surface area contributed by atoms with Crippen molar-refractivity contribution in [3.8, 4) is 11.3 Å². The van der Waals surface area contributed by atoms with Gasteiger partial charge in [0.05, 0.1) is 29.1 Å². The molecule has 0 radical (unpaired) electrons. The van der Waals surface area contributed by atoms with Crippen molar-refractivity contribution in [3.05, 3.63) is 40.2 Å². The van der Waals surface area contributed by atoms with Gasteiger partial charge in [-0.05, 0) is 37.3 Å². The highest BCUT2D eigenvalue weighted by Gasteiger charge is 2.38. The van der Waals surface area contributed by atoms with Crippen LogP contribution in [-0.4, -0.2) is 22.9 Å². The van der Waals surface area contributed by atoms with E-state index in [-0.39, 0.29) is 5.54 Å². The number of aromatic nitrogens is 1. The summed E-state index contributed by atoms with van der Waals surface area (Å²) in [6, 6.07) is 6.63. The molecule has 2 aromatic rings. The summed E-state index contributed by atoms with van der Waals surface area (Å²) in [5, 5.41) is 5.75. The van der Waals surface area contributed by atoms with E-state index in [1.165, 1.54) is 23.1 Å². The van der Waals surface area contributed by atoms with Crippen molar-refractivity contribution in [2.45, 2.75) is 45.6 Å². The SMILES string of the molecule is CC.CC1=NCC2(CCc3cccc(-c4cscn4)c3C2)N1. The molecular formula is C18H23N3S. The molecule has 0 fully saturated rings. The first kappa shape index (κ1) is 15.2. The van der Waals surface area contributed by atoms with Gasteiger partial charge in [-0.15, -0.1) is 11.3 Å². The molecule has 4 rings (SSSR count). The van der Waals surface area contributed by atoms with Crippen molar-refractivity contribution >= 4 is 17.2 Å². The Morgan fingerprint density at radius 3 is 2.82 bits per heavy atom. The van der Waals surface area contributed by atoms with Crippen LogP contribution < -0.4 is 5.32 Å². The summed E-state index contributed by atoms with van der Waals surface area (Å²) in [6.45, 7) is 6.97. The highest BCUT2D eigenvalue weighted by molar-refractivity contribution is 7.07. The number of fused-ring (bicyclic) bond motifs is 1. The lowest BCUT2D eigenvalue weighted by atomic mass is 9.76. The largest absolute Gasteiger partial charge is 0.366 e. The monoisotopic (exact) mass is 313 g/mol. The van der Waals surface area contributed by atoms with Gasteiger partial charge in [0.15, 0.2) is 0 Å². The van der Waals surface area contributed by atoms with Gasteiger partial charge in [0.2, 0.25) is 0 Å². The average Bonchev–Trinajstić information content (AvgIpc) is 3.19. The van der Waals surface area contributed by atoms with Crippen LogP contribution >= 0.6 is 11.3 Å². The molecule has 1 aromatic heterocycles. The Hall–Kier alpha value is -1.68. The Bertz CT molecular complexity index is 676. The first-order valence-electron chi connectivity index (χ1n) is 8.04. The summed E-state index contributed by atoms with van der Waals surface area (Å²) in [5.41, 5.74) is 7.40. The molecule has 2 aliphatic rings. The molecule has 3 nitrogen and oxygen atoms in total. The smallest absolute Gasteiger partial charge is 0.0937 e. The van der Waals surface area contributed by atoms with Crippen molar-refractivity contribution in [2.75, 3.05) is 6.54 Å². The molecule has 0 bridgehead atoms. The molecule has 4 heteroatoms. The van der Waals surface area contributed by atoms with Crippen LogP contribution in [0.5, 0.6) is 0 Å². The summed E-state index contributed by atoms with van der Waals surface area (Å²) in [7, 11) is 0. The van der Waals surface area contributed by atoms with Crippen LogP contribution in [0.2, 0.25) is 0 Å². The van der Waals surface area contributed by atoms with Crippen LogP contribution in [0.4, 0.5) is 0 Å². The van der Waals surface area contributed by atoms with Gasteiger partial charge in [0.1, 0.15) is 0 Å². The van der Waals surface area contributed by atoms with Crippen molar-refractivity contribution in [2.24, 2.45) is 4.99 Å². The number of rotatable bonds is 1. The van der Waals surface area contributed by atoms with Crippen LogP contribution in [0.15, 0.2) is 34.1 Å². The fraction of sp³-hybridized carbons (Fsp3) is 0.444. The van der Waals surface area contributed by atoms with Crippen molar-refractivity contribution in [1.82, 2.24) is 10.3 Å². The van der Waals surface area contributed by atoms with Gasteiger partial charge in [-0.1, -0.05) is 32.0 Å². The van der Waals surface area contributed by atoms with Gasteiger partial charge >= 0.3 is 0 Å². The molecule has 1 aliphatic carbocycles. The fourth-order valence-electron chi connectivity index (χ4n) is 3.44. The minimum absolute atomic E-state index is 0.142. The van der Waals surface area contributed by atoms with Gasteiger partial charge in [-0.25, -0.2) is 4.98 Å². The number of hydrogen-bond acceptors (Lipinski definition) is 4. The maximum absolute atomic E-state index is 4.57. The zero-order chi connectivity index (χ0) is 15.6. The third kappa shape index (κ3) is 2.68. The Morgan fingerprint density at radius 2 is 2.14 bits per heavy atom. The van der Waals surface area contributed by atoms with Crippen molar-refractivity contribution in [3.63, 3.8) is 0 Å². The first-order valence-corrected chi connectivity index (χ1v) is 8.99. The van der Waals surface area contributed by atoms with Gasteiger partial charge in [-0.3, -0.25) is 4.99 Å². The highest BCUT2D eigenvalue weighted by atomic mass is 32.1. The van der Waals surface area contributed by atoms with Gasteiger partial charge in [0.25, 0.3) is 0 Å². The number of aliphatic imine (C=N–C) groups is 1. The maximum Gasteiger partial charge on any atom is 0.0937 e. The van der Waals surface area contributed by atoms with Crippen LogP contribution in [0.25, 0.3) is 11.3 Å². The summed E-state index contributed by atoms with van der Waals surface area (Å²) in [6.07, 6.45) is 3.35. The van der Waals surface area contributed by atoms with E-state index in [1.54, 1.807) is 11.3 Å². The van der Waals surface area contributed by atoms with Crippen LogP contribution in [0, 0.1) is 0 Å². The van der Waals surface area contributed by atoms with Crippen LogP contribution in [0.3, 0.4) is 0 Å². The van der Waals surface area contributed by atoms with E-state index in [4.69, 9.17) is 0 Å². The molecule has 0 amide bonds. The van der Waals surface area contributed by atoms with Gasteiger partial charge < -0.3 is 5.32 Å². The van der Waals surface area contributed by atoms with E-state index in [0.717, 1.165) is 30.9 Å². The predicted octanol–water partition coefficient (Wildman–Crippen LogP) is 4.09. The Kier molecular flexibility index (Phi) is 4.30. The number of amidine groups is 1. The second-order valence-corrected chi connectivity index (χ2v) is 6.52. The van der Waals surface area contributed by atoms with E-state index in [2.05, 4.69) is 45.8 Å². The second kappa shape index (κ2) is 6.21. The molecule has 22 heavy (non-hydrogen) atoms. The topological polar surface area (TPSA) is 37.3 Å². The van der Waals surface area contributed by atoms with E-state index in [0.29, 0.717) is 0 Å². The quantitative estimate of drug-likeness (QED) is 0.861. The molecule has 1 aromatic carbocycles. The molecule has 1 unspecified atom stereocenters. The molecule has 0 saturated carbocycles. The van der Waals surface area contributed by atoms with Crippen LogP contribution in [-0.2, 0) is 12.8 Å². The third-order valence-corrected chi connectivity index (χ3v) is 5.02. The highest BCUT2D eigenvalue weighted by Crippen LogP contribution is 2.36. The van der Waals surface area contributed by atoms with Crippen molar-refractivity contribution < 1.29 is 0 Å². The number of hydrogen-bond donors (Lipinski definition) is 1. The van der Waals surface area contributed by atoms with Crippen LogP contribution in [0.1, 0.15) is 38.3 Å². The number of nitrogens with one attached hydrogen (secondary N) is 1. The Morgan fingerprint density at radius 1 is 1.27 bits per heavy atom. The third-order valence-electron chi connectivity index (χ3n) is 4.43. The average molecular weight is 313 g/mol. The lowest BCUT2D eigenvalue weighted by molar-refractivity contribution is 0.362. The summed E-state index contributed by atoms with van der Waals surface area (Å²) >= 11 is 1.66. The maximum atomic E-state index is 4.57. The van der Waals surface area contributed by atoms with E-state index >= 15 is 0 Å². The molecule has 1 spiro atoms. The fourth-order valence-corrected chi connectivity index (χ4v) is 3.99. The van der Waals surface area contributed by atoms with E-state index < -0.39 is 0 Å².